The summed E-state index contributed by atoms with van der Waals surface area (Å²) in [7, 11) is 0. The third-order valence-corrected chi connectivity index (χ3v) is 5.37. The average molecular weight is 347 g/mol. The molecule has 2 aromatic carbocycles. The number of carbonyl (C=O) groups is 1. The maximum absolute atomic E-state index is 12.7. The van der Waals surface area contributed by atoms with Gasteiger partial charge in [-0.1, -0.05) is 36.4 Å². The number of rotatable bonds is 4. The van der Waals surface area contributed by atoms with E-state index in [1.54, 1.807) is 0 Å². The molecule has 0 atom stereocenters. The van der Waals surface area contributed by atoms with E-state index in [0.717, 1.165) is 38.1 Å². The van der Waals surface area contributed by atoms with Crippen LogP contribution in [-0.2, 0) is 11.2 Å². The first-order valence-corrected chi connectivity index (χ1v) is 9.36. The van der Waals surface area contributed by atoms with Crippen LogP contribution < -0.4 is 4.90 Å². The third-order valence-electron chi connectivity index (χ3n) is 5.37. The summed E-state index contributed by atoms with van der Waals surface area (Å²) in [6.07, 6.45) is 1.38. The summed E-state index contributed by atoms with van der Waals surface area (Å²) in [5.74, 6) is 0.266. The molecule has 0 aliphatic carbocycles. The van der Waals surface area contributed by atoms with Gasteiger partial charge in [-0.3, -0.25) is 4.79 Å². The number of fused-ring (bicyclic) bond motifs is 1. The molecule has 1 aromatic heterocycles. The van der Waals surface area contributed by atoms with Crippen molar-refractivity contribution in [3.63, 3.8) is 0 Å². The maximum atomic E-state index is 12.7. The van der Waals surface area contributed by atoms with Crippen LogP contribution in [0.25, 0.3) is 10.9 Å². The Labute approximate surface area is 154 Å². The first-order valence-electron chi connectivity index (χ1n) is 9.36. The molecule has 26 heavy (non-hydrogen) atoms. The lowest BCUT2D eigenvalue weighted by molar-refractivity contribution is -0.131. The van der Waals surface area contributed by atoms with Crippen LogP contribution >= 0.6 is 0 Å². The molecule has 1 N–H and O–H groups in total. The molecular formula is C22H25N3O. The monoisotopic (exact) mass is 347 g/mol. The fraction of sp³-hybridized carbons (Fsp3) is 0.318. The van der Waals surface area contributed by atoms with Gasteiger partial charge in [-0.15, -0.1) is 0 Å². The van der Waals surface area contributed by atoms with Crippen LogP contribution in [0.5, 0.6) is 0 Å². The Morgan fingerprint density at radius 3 is 2.42 bits per heavy atom. The molecular weight excluding hydrogens is 322 g/mol. The number of carbonyl (C=O) groups excluding carboxylic acids is 1. The van der Waals surface area contributed by atoms with Gasteiger partial charge < -0.3 is 14.8 Å². The lowest BCUT2D eigenvalue weighted by atomic mass is 10.1. The molecule has 1 aliphatic rings. The van der Waals surface area contributed by atoms with Crippen molar-refractivity contribution >= 4 is 22.5 Å². The summed E-state index contributed by atoms with van der Waals surface area (Å²) in [6, 6.07) is 18.8. The highest BCUT2D eigenvalue weighted by atomic mass is 16.2. The molecule has 1 aliphatic heterocycles. The Hall–Kier alpha value is -2.75. The van der Waals surface area contributed by atoms with Gasteiger partial charge in [0.15, 0.2) is 0 Å². The highest BCUT2D eigenvalue weighted by Crippen LogP contribution is 2.23. The molecule has 0 spiro atoms. The lowest BCUT2D eigenvalue weighted by Gasteiger charge is -2.36. The molecule has 0 bridgehead atoms. The number of aromatic nitrogens is 1. The van der Waals surface area contributed by atoms with Gasteiger partial charge in [0.1, 0.15) is 0 Å². The van der Waals surface area contributed by atoms with Crippen LogP contribution in [0, 0.1) is 6.92 Å². The SMILES string of the molecule is Cc1[nH]c2ccccc2c1CCC(=O)N1CCN(c2ccccc2)CC1. The van der Waals surface area contributed by atoms with E-state index in [1.165, 1.54) is 22.3 Å². The van der Waals surface area contributed by atoms with Crippen LogP contribution in [0.1, 0.15) is 17.7 Å². The number of H-pyrrole nitrogens is 1. The second-order valence-electron chi connectivity index (χ2n) is 6.98. The van der Waals surface area contributed by atoms with E-state index in [2.05, 4.69) is 59.3 Å². The highest BCUT2D eigenvalue weighted by molar-refractivity contribution is 5.85. The van der Waals surface area contributed by atoms with Gasteiger partial charge >= 0.3 is 0 Å². The van der Waals surface area contributed by atoms with Gasteiger partial charge in [0.05, 0.1) is 0 Å². The molecule has 4 nitrogen and oxygen atoms in total. The van der Waals surface area contributed by atoms with Gasteiger partial charge in [0.2, 0.25) is 5.91 Å². The molecule has 1 fully saturated rings. The molecule has 3 aromatic rings. The van der Waals surface area contributed by atoms with Gasteiger partial charge in [-0.25, -0.2) is 0 Å². The number of piperazine rings is 1. The first kappa shape index (κ1) is 16.7. The van der Waals surface area contributed by atoms with Crippen LogP contribution in [0.15, 0.2) is 54.6 Å². The quantitative estimate of drug-likeness (QED) is 0.780. The fourth-order valence-corrected chi connectivity index (χ4v) is 3.90. The zero-order chi connectivity index (χ0) is 17.9. The van der Waals surface area contributed by atoms with Gasteiger partial charge in [-0.2, -0.15) is 0 Å². The average Bonchev–Trinajstić information content (AvgIpc) is 3.02. The van der Waals surface area contributed by atoms with E-state index < -0.39 is 0 Å². The van der Waals surface area contributed by atoms with Crippen molar-refractivity contribution in [2.75, 3.05) is 31.1 Å². The Kier molecular flexibility index (Phi) is 4.65. The predicted molar refractivity (Wildman–Crippen MR) is 107 cm³/mol. The zero-order valence-electron chi connectivity index (χ0n) is 15.2. The standard InChI is InChI=1S/C22H25N3O/c1-17-19(20-9-5-6-10-21(20)23-17)11-12-22(26)25-15-13-24(14-16-25)18-7-3-2-4-8-18/h2-10,23H,11-16H2,1H3. The van der Waals surface area contributed by atoms with E-state index in [4.69, 9.17) is 0 Å². The second kappa shape index (κ2) is 7.24. The fourth-order valence-electron chi connectivity index (χ4n) is 3.90. The predicted octanol–water partition coefficient (Wildman–Crippen LogP) is 3.76. The van der Waals surface area contributed by atoms with E-state index >= 15 is 0 Å². The highest BCUT2D eigenvalue weighted by Gasteiger charge is 2.21. The zero-order valence-corrected chi connectivity index (χ0v) is 15.2. The second-order valence-corrected chi connectivity index (χ2v) is 6.98. The van der Waals surface area contributed by atoms with E-state index in [-0.39, 0.29) is 5.91 Å². The molecule has 134 valence electrons. The number of nitrogens with zero attached hydrogens (tertiary/aromatic N) is 2. The maximum Gasteiger partial charge on any atom is 0.223 e. The van der Waals surface area contributed by atoms with Crippen molar-refractivity contribution in [3.8, 4) is 0 Å². The van der Waals surface area contributed by atoms with Crippen molar-refractivity contribution < 1.29 is 4.79 Å². The van der Waals surface area contributed by atoms with Crippen molar-refractivity contribution in [2.24, 2.45) is 0 Å². The van der Waals surface area contributed by atoms with Crippen molar-refractivity contribution in [3.05, 3.63) is 65.9 Å². The van der Waals surface area contributed by atoms with Crippen LogP contribution in [-0.4, -0.2) is 42.0 Å². The summed E-state index contributed by atoms with van der Waals surface area (Å²) >= 11 is 0. The van der Waals surface area contributed by atoms with Crippen molar-refractivity contribution in [1.29, 1.82) is 0 Å². The Morgan fingerprint density at radius 2 is 1.65 bits per heavy atom. The number of aryl methyl sites for hydroxylation is 2. The minimum absolute atomic E-state index is 0.266. The summed E-state index contributed by atoms with van der Waals surface area (Å²) in [6.45, 7) is 5.52. The summed E-state index contributed by atoms with van der Waals surface area (Å²) < 4.78 is 0. The van der Waals surface area contributed by atoms with Gasteiger partial charge in [-0.05, 0) is 37.1 Å². The molecule has 4 heteroatoms. The van der Waals surface area contributed by atoms with Crippen LogP contribution in [0.4, 0.5) is 5.69 Å². The largest absolute Gasteiger partial charge is 0.368 e. The normalized spacial score (nSPS) is 14.8. The minimum Gasteiger partial charge on any atom is -0.368 e. The number of para-hydroxylation sites is 2. The number of amides is 1. The third kappa shape index (κ3) is 3.32. The van der Waals surface area contributed by atoms with Crippen LogP contribution in [0.3, 0.4) is 0 Å². The molecule has 1 saturated heterocycles. The lowest BCUT2D eigenvalue weighted by Crippen LogP contribution is -2.48. The smallest absolute Gasteiger partial charge is 0.223 e. The molecule has 0 radical (unpaired) electrons. The number of hydrogen-bond donors (Lipinski definition) is 1. The van der Waals surface area contributed by atoms with Gasteiger partial charge in [0, 0.05) is 54.9 Å². The number of aromatic amines is 1. The Bertz CT molecular complexity index is 892. The molecule has 4 rings (SSSR count). The van der Waals surface area contributed by atoms with Crippen molar-refractivity contribution in [1.82, 2.24) is 9.88 Å². The summed E-state index contributed by atoms with van der Waals surface area (Å²) in [5, 5.41) is 1.24. The molecule has 2 heterocycles. The van der Waals surface area contributed by atoms with Crippen LogP contribution in [0.2, 0.25) is 0 Å². The minimum atomic E-state index is 0.266. The number of anilines is 1. The van der Waals surface area contributed by atoms with E-state index in [9.17, 15) is 4.79 Å². The Morgan fingerprint density at radius 1 is 0.962 bits per heavy atom. The molecule has 0 saturated carbocycles. The Balaban J connectivity index is 1.35. The number of hydrogen-bond acceptors (Lipinski definition) is 2. The topological polar surface area (TPSA) is 39.3 Å². The molecule has 1 amide bonds. The number of benzene rings is 2. The van der Waals surface area contributed by atoms with Gasteiger partial charge in [0.25, 0.3) is 0 Å². The summed E-state index contributed by atoms with van der Waals surface area (Å²) in [5.41, 5.74) is 4.85. The first-order chi connectivity index (χ1) is 12.7. The van der Waals surface area contributed by atoms with E-state index in [1.807, 2.05) is 17.0 Å². The molecule has 0 unspecified atom stereocenters. The van der Waals surface area contributed by atoms with E-state index in [0.29, 0.717) is 6.42 Å². The van der Waals surface area contributed by atoms with Crippen molar-refractivity contribution in [2.45, 2.75) is 19.8 Å². The number of nitrogens with one attached hydrogen (secondary N) is 1. The summed E-state index contributed by atoms with van der Waals surface area (Å²) in [4.78, 5) is 20.5.